The number of carbonyl (C=O) groups excluding carboxylic acids is 1. The van der Waals surface area contributed by atoms with Gasteiger partial charge >= 0.3 is 0 Å². The SMILES string of the molecule is Nc1cc(C(Br)(C=O)c2cccc(Cl)c2)ccn1. The summed E-state index contributed by atoms with van der Waals surface area (Å²) in [5, 5.41) is 0.570. The number of aldehydes is 1. The van der Waals surface area contributed by atoms with E-state index in [-0.39, 0.29) is 0 Å². The first-order valence-corrected chi connectivity index (χ1v) is 6.36. The molecule has 0 aliphatic carbocycles. The van der Waals surface area contributed by atoms with Gasteiger partial charge in [-0.05, 0) is 35.4 Å². The Labute approximate surface area is 118 Å². The van der Waals surface area contributed by atoms with Gasteiger partial charge in [0.2, 0.25) is 0 Å². The maximum Gasteiger partial charge on any atom is 0.145 e. The largest absolute Gasteiger partial charge is 0.384 e. The summed E-state index contributed by atoms with van der Waals surface area (Å²) in [6, 6.07) is 10.5. The predicted octanol–water partition coefficient (Wildman–Crippen LogP) is 3.15. The fourth-order valence-electron chi connectivity index (χ4n) is 1.69. The lowest BCUT2D eigenvalue weighted by atomic mass is 9.93. The number of hydrogen-bond donors (Lipinski definition) is 1. The molecule has 2 rings (SSSR count). The monoisotopic (exact) mass is 324 g/mol. The number of nitrogens with two attached hydrogens (primary N) is 1. The van der Waals surface area contributed by atoms with Crippen molar-refractivity contribution in [1.82, 2.24) is 4.98 Å². The van der Waals surface area contributed by atoms with E-state index in [0.717, 1.165) is 11.8 Å². The van der Waals surface area contributed by atoms with Crippen molar-refractivity contribution in [3.05, 3.63) is 58.7 Å². The van der Waals surface area contributed by atoms with Gasteiger partial charge in [-0.2, -0.15) is 0 Å². The van der Waals surface area contributed by atoms with Crippen LogP contribution in [0.2, 0.25) is 5.02 Å². The molecule has 0 aliphatic heterocycles. The maximum absolute atomic E-state index is 11.5. The normalized spacial score (nSPS) is 13.9. The van der Waals surface area contributed by atoms with E-state index >= 15 is 0 Å². The smallest absolute Gasteiger partial charge is 0.145 e. The van der Waals surface area contributed by atoms with Crippen molar-refractivity contribution < 1.29 is 4.79 Å². The Balaban J connectivity index is 2.58. The molecule has 5 heteroatoms. The zero-order valence-electron chi connectivity index (χ0n) is 9.31. The van der Waals surface area contributed by atoms with Crippen LogP contribution in [0, 0.1) is 0 Å². The standard InChI is InChI=1S/C13H10BrClN2O/c14-13(8-18,9-2-1-3-11(15)6-9)10-4-5-17-12(16)7-10/h1-8H,(H2,16,17). The summed E-state index contributed by atoms with van der Waals surface area (Å²) >= 11 is 9.41. The highest BCUT2D eigenvalue weighted by Crippen LogP contribution is 2.37. The number of alkyl halides is 1. The van der Waals surface area contributed by atoms with Crippen LogP contribution >= 0.6 is 27.5 Å². The number of rotatable bonds is 3. The summed E-state index contributed by atoms with van der Waals surface area (Å²) in [4.78, 5) is 15.4. The van der Waals surface area contributed by atoms with Gasteiger partial charge in [0.1, 0.15) is 16.4 Å². The molecule has 2 aromatic rings. The van der Waals surface area contributed by atoms with Crippen LogP contribution in [0.4, 0.5) is 5.82 Å². The van der Waals surface area contributed by atoms with Crippen LogP contribution in [0.1, 0.15) is 11.1 Å². The van der Waals surface area contributed by atoms with E-state index in [4.69, 9.17) is 17.3 Å². The highest BCUT2D eigenvalue weighted by molar-refractivity contribution is 9.10. The van der Waals surface area contributed by atoms with E-state index in [2.05, 4.69) is 20.9 Å². The van der Waals surface area contributed by atoms with Crippen LogP contribution < -0.4 is 5.73 Å². The molecule has 0 saturated carbocycles. The van der Waals surface area contributed by atoms with Crippen molar-refractivity contribution >= 4 is 39.6 Å². The molecule has 0 saturated heterocycles. The first kappa shape index (κ1) is 13.1. The fraction of sp³-hybridized carbons (Fsp3) is 0.0769. The number of nitrogen functional groups attached to an aromatic ring is 1. The molecule has 92 valence electrons. The van der Waals surface area contributed by atoms with Crippen LogP contribution in [0.25, 0.3) is 0 Å². The minimum Gasteiger partial charge on any atom is -0.384 e. The van der Waals surface area contributed by atoms with Gasteiger partial charge in [-0.25, -0.2) is 4.98 Å². The number of halogens is 2. The molecule has 2 N–H and O–H groups in total. The number of carbonyl (C=O) groups is 1. The second-order valence-electron chi connectivity index (χ2n) is 3.81. The zero-order chi connectivity index (χ0) is 13.2. The van der Waals surface area contributed by atoms with Crippen molar-refractivity contribution in [3.8, 4) is 0 Å². The average molecular weight is 326 g/mol. The zero-order valence-corrected chi connectivity index (χ0v) is 11.6. The Morgan fingerprint density at radius 2 is 2.00 bits per heavy atom. The van der Waals surface area contributed by atoms with Gasteiger partial charge in [0, 0.05) is 11.2 Å². The van der Waals surface area contributed by atoms with E-state index in [0.29, 0.717) is 16.4 Å². The lowest BCUT2D eigenvalue weighted by Gasteiger charge is -2.22. The third-order valence-electron chi connectivity index (χ3n) is 2.61. The molecule has 0 radical (unpaired) electrons. The lowest BCUT2D eigenvalue weighted by Crippen LogP contribution is -2.22. The molecule has 0 spiro atoms. The number of aromatic nitrogens is 1. The molecular formula is C13H10BrClN2O. The van der Waals surface area contributed by atoms with Crippen LogP contribution in [-0.2, 0) is 9.12 Å². The van der Waals surface area contributed by atoms with E-state index in [1.54, 1.807) is 36.5 Å². The number of anilines is 1. The Kier molecular flexibility index (Phi) is 3.68. The molecule has 1 atom stereocenters. The van der Waals surface area contributed by atoms with Crippen molar-refractivity contribution in [2.45, 2.75) is 4.32 Å². The summed E-state index contributed by atoms with van der Waals surface area (Å²) in [6.45, 7) is 0. The second kappa shape index (κ2) is 5.08. The molecule has 0 bridgehead atoms. The van der Waals surface area contributed by atoms with Gasteiger partial charge in [-0.1, -0.05) is 39.7 Å². The van der Waals surface area contributed by atoms with Gasteiger partial charge in [0.15, 0.2) is 0 Å². The van der Waals surface area contributed by atoms with E-state index in [9.17, 15) is 4.79 Å². The predicted molar refractivity (Wildman–Crippen MR) is 75.9 cm³/mol. The topological polar surface area (TPSA) is 56.0 Å². The van der Waals surface area contributed by atoms with E-state index in [1.165, 1.54) is 0 Å². The Morgan fingerprint density at radius 3 is 2.61 bits per heavy atom. The van der Waals surface area contributed by atoms with Gasteiger partial charge < -0.3 is 10.5 Å². The van der Waals surface area contributed by atoms with E-state index in [1.807, 2.05) is 6.07 Å². The second-order valence-corrected chi connectivity index (χ2v) is 5.50. The number of pyridine rings is 1. The van der Waals surface area contributed by atoms with Crippen molar-refractivity contribution in [2.75, 3.05) is 5.73 Å². The minimum atomic E-state index is -0.963. The number of benzene rings is 1. The molecule has 18 heavy (non-hydrogen) atoms. The summed E-state index contributed by atoms with van der Waals surface area (Å²) in [5.74, 6) is 0.361. The van der Waals surface area contributed by atoms with Gasteiger partial charge in [-0.15, -0.1) is 0 Å². The Hall–Kier alpha value is -1.39. The Bertz CT molecular complexity index is 543. The van der Waals surface area contributed by atoms with Gasteiger partial charge in [0.05, 0.1) is 0 Å². The first-order chi connectivity index (χ1) is 8.56. The molecule has 1 unspecified atom stereocenters. The summed E-state index contributed by atoms with van der Waals surface area (Å²) in [7, 11) is 0. The minimum absolute atomic E-state index is 0.361. The van der Waals surface area contributed by atoms with Crippen LogP contribution in [-0.4, -0.2) is 11.3 Å². The first-order valence-electron chi connectivity index (χ1n) is 5.19. The molecule has 0 fully saturated rings. The average Bonchev–Trinajstić information content (AvgIpc) is 2.38. The third kappa shape index (κ3) is 2.40. The molecule has 1 aromatic heterocycles. The molecule has 1 heterocycles. The lowest BCUT2D eigenvalue weighted by molar-refractivity contribution is -0.109. The molecule has 1 aromatic carbocycles. The highest BCUT2D eigenvalue weighted by atomic mass is 79.9. The maximum atomic E-state index is 11.5. The molecule has 3 nitrogen and oxygen atoms in total. The third-order valence-corrected chi connectivity index (χ3v) is 3.95. The number of nitrogens with zero attached hydrogens (tertiary/aromatic N) is 1. The van der Waals surface area contributed by atoms with Crippen LogP contribution in [0.5, 0.6) is 0 Å². The van der Waals surface area contributed by atoms with Gasteiger partial charge in [0.25, 0.3) is 0 Å². The Morgan fingerprint density at radius 1 is 1.28 bits per heavy atom. The van der Waals surface area contributed by atoms with Crippen LogP contribution in [0.15, 0.2) is 42.6 Å². The van der Waals surface area contributed by atoms with E-state index < -0.39 is 4.32 Å². The van der Waals surface area contributed by atoms with Crippen molar-refractivity contribution in [3.63, 3.8) is 0 Å². The number of hydrogen-bond acceptors (Lipinski definition) is 3. The van der Waals surface area contributed by atoms with Crippen molar-refractivity contribution in [1.29, 1.82) is 0 Å². The summed E-state index contributed by atoms with van der Waals surface area (Å²) in [5.41, 5.74) is 7.11. The van der Waals surface area contributed by atoms with Gasteiger partial charge in [-0.3, -0.25) is 0 Å². The van der Waals surface area contributed by atoms with Crippen LogP contribution in [0.3, 0.4) is 0 Å². The molecular weight excluding hydrogens is 316 g/mol. The molecule has 0 amide bonds. The van der Waals surface area contributed by atoms with Crippen molar-refractivity contribution in [2.24, 2.45) is 0 Å². The summed E-state index contributed by atoms with van der Waals surface area (Å²) in [6.07, 6.45) is 2.38. The quantitative estimate of drug-likeness (QED) is 0.696. The highest BCUT2D eigenvalue weighted by Gasteiger charge is 2.31. The molecule has 0 aliphatic rings. The fourth-order valence-corrected chi connectivity index (χ4v) is 2.38. The summed E-state index contributed by atoms with van der Waals surface area (Å²) < 4.78 is -0.963.